The number of esters is 1. The second-order valence-corrected chi connectivity index (χ2v) is 11.7. The number of hydrogen-bond acceptors (Lipinski definition) is 10. The largest absolute Gasteiger partial charge is 0.465 e. The fourth-order valence-corrected chi connectivity index (χ4v) is 5.97. The summed E-state index contributed by atoms with van der Waals surface area (Å²) in [6, 6.07) is 23.0. The van der Waals surface area contributed by atoms with Crippen LogP contribution in [0.25, 0.3) is 16.7 Å². The van der Waals surface area contributed by atoms with Crippen molar-refractivity contribution in [3.05, 3.63) is 117 Å². The summed E-state index contributed by atoms with van der Waals surface area (Å²) in [5.41, 5.74) is 4.56. The van der Waals surface area contributed by atoms with Gasteiger partial charge in [0.25, 0.3) is 11.5 Å². The number of nitrogens with zero attached hydrogens (tertiary/aromatic N) is 5. The van der Waals surface area contributed by atoms with E-state index in [1.807, 2.05) is 19.1 Å². The van der Waals surface area contributed by atoms with Crippen molar-refractivity contribution in [3.63, 3.8) is 0 Å². The number of anilines is 1. The minimum Gasteiger partial charge on any atom is -0.465 e. The van der Waals surface area contributed by atoms with E-state index in [9.17, 15) is 14.4 Å². The molecule has 0 radical (unpaired) electrons. The van der Waals surface area contributed by atoms with Crippen molar-refractivity contribution < 1.29 is 23.8 Å². The number of pyridine rings is 1. The van der Waals surface area contributed by atoms with Crippen LogP contribution in [0.2, 0.25) is 0 Å². The summed E-state index contributed by atoms with van der Waals surface area (Å²) in [6.45, 7) is 6.43. The Morgan fingerprint density at radius 2 is 1.54 bits per heavy atom. The van der Waals surface area contributed by atoms with Crippen molar-refractivity contribution in [1.82, 2.24) is 24.8 Å². The minimum absolute atomic E-state index is 0.229. The Labute approximate surface area is 276 Å². The molecule has 2 aromatic heterocycles. The number of rotatable bonds is 8. The van der Waals surface area contributed by atoms with Gasteiger partial charge in [-0.1, -0.05) is 18.2 Å². The molecule has 7 rings (SSSR count). The lowest BCUT2D eigenvalue weighted by molar-refractivity contribution is 0.0600. The molecule has 0 saturated carbocycles. The third-order valence-corrected chi connectivity index (χ3v) is 8.64. The van der Waals surface area contributed by atoms with Gasteiger partial charge in [0.05, 0.1) is 24.1 Å². The monoisotopic (exact) mass is 646 g/mol. The molecule has 0 aliphatic carbocycles. The second kappa shape index (κ2) is 13.2. The lowest BCUT2D eigenvalue weighted by Gasteiger charge is -2.35. The van der Waals surface area contributed by atoms with E-state index in [2.05, 4.69) is 21.2 Å². The number of benzene rings is 3. The molecular formula is C36H34N6O6. The lowest BCUT2D eigenvalue weighted by atomic mass is 10.1. The number of aromatic nitrogens is 3. The second-order valence-electron chi connectivity index (χ2n) is 11.7. The van der Waals surface area contributed by atoms with E-state index < -0.39 is 5.97 Å². The van der Waals surface area contributed by atoms with Gasteiger partial charge < -0.3 is 24.4 Å². The number of fused-ring (bicyclic) bond motifs is 2. The van der Waals surface area contributed by atoms with Crippen LogP contribution in [0.4, 0.5) is 5.95 Å². The molecule has 1 amide bonds. The topological polar surface area (TPSA) is 128 Å². The summed E-state index contributed by atoms with van der Waals surface area (Å²) in [4.78, 5) is 52.1. The maximum atomic E-state index is 13.2. The number of piperazine rings is 1. The van der Waals surface area contributed by atoms with Crippen LogP contribution in [-0.4, -0.2) is 71.4 Å². The Bertz CT molecular complexity index is 2050. The van der Waals surface area contributed by atoms with Crippen molar-refractivity contribution in [2.45, 2.75) is 20.0 Å². The first-order valence-electron chi connectivity index (χ1n) is 15.7. The van der Waals surface area contributed by atoms with Crippen LogP contribution in [-0.2, 0) is 17.8 Å². The Morgan fingerprint density at radius 3 is 2.29 bits per heavy atom. The Balaban J connectivity index is 1.05. The first-order valence-corrected chi connectivity index (χ1v) is 15.7. The van der Waals surface area contributed by atoms with Crippen molar-refractivity contribution in [2.75, 3.05) is 45.0 Å². The average Bonchev–Trinajstić information content (AvgIpc) is 3.59. The van der Waals surface area contributed by atoms with Gasteiger partial charge in [-0.3, -0.25) is 19.1 Å². The van der Waals surface area contributed by atoms with E-state index >= 15 is 0 Å². The number of aryl methyl sites for hydroxylation is 1. The molecule has 12 nitrogen and oxygen atoms in total. The summed E-state index contributed by atoms with van der Waals surface area (Å²) >= 11 is 0. The number of carbonyl (C=O) groups is 2. The molecule has 1 saturated heterocycles. The van der Waals surface area contributed by atoms with Gasteiger partial charge >= 0.3 is 5.97 Å². The predicted molar refractivity (Wildman–Crippen MR) is 179 cm³/mol. The maximum Gasteiger partial charge on any atom is 0.337 e. The first-order chi connectivity index (χ1) is 23.4. The molecule has 1 fully saturated rings. The van der Waals surface area contributed by atoms with Crippen LogP contribution in [0.15, 0.2) is 83.7 Å². The molecule has 12 heteroatoms. The zero-order valence-corrected chi connectivity index (χ0v) is 26.6. The molecule has 244 valence electrons. The Kier molecular flexibility index (Phi) is 8.47. The summed E-state index contributed by atoms with van der Waals surface area (Å²) < 4.78 is 17.3. The summed E-state index contributed by atoms with van der Waals surface area (Å²) in [5.74, 6) is 1.47. The van der Waals surface area contributed by atoms with Gasteiger partial charge in [-0.05, 0) is 72.6 Å². The molecule has 1 N–H and O–H groups in total. The van der Waals surface area contributed by atoms with Crippen LogP contribution < -0.4 is 25.2 Å². The quantitative estimate of drug-likeness (QED) is 0.248. The van der Waals surface area contributed by atoms with E-state index in [1.54, 1.807) is 59.2 Å². The highest BCUT2D eigenvalue weighted by Gasteiger charge is 2.22. The van der Waals surface area contributed by atoms with Gasteiger partial charge in [0, 0.05) is 56.3 Å². The lowest BCUT2D eigenvalue weighted by Crippen LogP contribution is -2.46. The Hall–Kier alpha value is -5.75. The molecule has 0 bridgehead atoms. The van der Waals surface area contributed by atoms with Crippen LogP contribution in [0.5, 0.6) is 11.5 Å². The van der Waals surface area contributed by atoms with Gasteiger partial charge in [0.2, 0.25) is 12.7 Å². The van der Waals surface area contributed by atoms with E-state index in [1.165, 1.54) is 18.7 Å². The van der Waals surface area contributed by atoms with Crippen molar-refractivity contribution >= 4 is 28.9 Å². The van der Waals surface area contributed by atoms with E-state index in [4.69, 9.17) is 24.2 Å². The van der Waals surface area contributed by atoms with E-state index in [0.717, 1.165) is 60.9 Å². The maximum absolute atomic E-state index is 13.2. The third kappa shape index (κ3) is 6.29. The van der Waals surface area contributed by atoms with Gasteiger partial charge in [-0.2, -0.15) is 4.98 Å². The molecule has 2 aliphatic heterocycles. The van der Waals surface area contributed by atoms with Gasteiger partial charge in [0.1, 0.15) is 0 Å². The molecule has 0 unspecified atom stereocenters. The van der Waals surface area contributed by atoms with Crippen molar-refractivity contribution in [1.29, 1.82) is 0 Å². The van der Waals surface area contributed by atoms with E-state index in [-0.39, 0.29) is 24.8 Å². The molecular weight excluding hydrogens is 612 g/mol. The summed E-state index contributed by atoms with van der Waals surface area (Å²) in [5, 5.41) is 3.67. The van der Waals surface area contributed by atoms with Crippen LogP contribution in [0.1, 0.15) is 37.5 Å². The predicted octanol–water partition coefficient (Wildman–Crippen LogP) is 3.86. The molecule has 2 aliphatic rings. The minimum atomic E-state index is -0.415. The first kappa shape index (κ1) is 30.9. The molecule has 0 atom stereocenters. The molecule has 3 aromatic carbocycles. The number of hydrogen-bond donors (Lipinski definition) is 1. The van der Waals surface area contributed by atoms with Gasteiger partial charge in [-0.15, -0.1) is 0 Å². The zero-order valence-electron chi connectivity index (χ0n) is 26.6. The number of amides is 1. The summed E-state index contributed by atoms with van der Waals surface area (Å²) in [6.07, 6.45) is 0. The molecule has 48 heavy (non-hydrogen) atoms. The summed E-state index contributed by atoms with van der Waals surface area (Å²) in [7, 11) is 1.33. The van der Waals surface area contributed by atoms with E-state index in [0.29, 0.717) is 28.4 Å². The highest BCUT2D eigenvalue weighted by atomic mass is 16.7. The van der Waals surface area contributed by atoms with Gasteiger partial charge in [-0.25, -0.2) is 9.78 Å². The van der Waals surface area contributed by atoms with Crippen LogP contribution >= 0.6 is 0 Å². The normalized spacial score (nSPS) is 14.2. The number of ether oxygens (including phenoxy) is 3. The average molecular weight is 647 g/mol. The molecule has 5 aromatic rings. The van der Waals surface area contributed by atoms with Crippen molar-refractivity contribution in [2.24, 2.45) is 0 Å². The number of nitrogens with one attached hydrogen (secondary N) is 1. The SMILES string of the molecule is COC(=O)c1ccc(CNC(=O)c2ccc(-n3c(=O)ccc4c(C)nc(N5CCN(Cc6ccc7c(c6)OCO7)CC5)nc43)cc2)cc1. The fourth-order valence-electron chi connectivity index (χ4n) is 5.97. The fraction of sp³-hybridized carbons (Fsp3) is 0.250. The van der Waals surface area contributed by atoms with Crippen LogP contribution in [0, 0.1) is 6.92 Å². The molecule has 0 spiro atoms. The van der Waals surface area contributed by atoms with Crippen molar-refractivity contribution in [3.8, 4) is 17.2 Å². The Morgan fingerprint density at radius 1 is 0.833 bits per heavy atom. The standard InChI is InChI=1S/C36H34N6O6/c1-23-29-12-14-32(43)42(28-10-8-26(9-11-28)34(44)37-20-24-3-6-27(7-4-24)35(45)46-2)33(29)39-36(38-23)41-17-15-40(16-18-41)21-25-5-13-30-31(19-25)48-22-47-30/h3-14,19H,15-18,20-22H2,1-2H3,(H,37,44). The van der Waals surface area contributed by atoms with Crippen LogP contribution in [0.3, 0.4) is 0 Å². The number of methoxy groups -OCH3 is 1. The highest BCUT2D eigenvalue weighted by Crippen LogP contribution is 2.33. The smallest absolute Gasteiger partial charge is 0.337 e. The molecule has 4 heterocycles. The number of carbonyl (C=O) groups excluding carboxylic acids is 2. The zero-order chi connectivity index (χ0) is 33.2. The highest BCUT2D eigenvalue weighted by molar-refractivity contribution is 5.94. The van der Waals surface area contributed by atoms with Gasteiger partial charge in [0.15, 0.2) is 17.1 Å². The third-order valence-electron chi connectivity index (χ3n) is 8.64.